The van der Waals surface area contributed by atoms with Gasteiger partial charge >= 0.3 is 0 Å². The molecule has 1 aromatic carbocycles. The van der Waals surface area contributed by atoms with Crippen LogP contribution in [0.3, 0.4) is 0 Å². The third kappa shape index (κ3) is 61.2. The molecule has 0 saturated heterocycles. The molecule has 22 heterocycles. The van der Waals surface area contributed by atoms with Gasteiger partial charge < -0.3 is 17.6 Å². The number of tetrazole rings is 1. The Kier molecular flexibility index (Phi) is 51.8. The Bertz CT molecular complexity index is 5620. The number of fused-ring (bicyclic) bond motifs is 12. The number of hydrogen-bond donors (Lipinski definition) is 0. The van der Waals surface area contributed by atoms with E-state index in [4.69, 9.17) is 0 Å². The zero-order valence-corrected chi connectivity index (χ0v) is 93.6. The fourth-order valence-electron chi connectivity index (χ4n) is 9.97. The summed E-state index contributed by atoms with van der Waals surface area (Å²) < 4.78 is 20.3. The lowest BCUT2D eigenvalue weighted by atomic mass is 10.0. The van der Waals surface area contributed by atoms with Gasteiger partial charge in [-0.15, -0.1) is 15.3 Å². The molecule has 0 unspecified atom stereocenters. The number of allylic oxidation sites excluding steroid dienone is 1. The van der Waals surface area contributed by atoms with E-state index in [9.17, 15) is 0 Å². The van der Waals surface area contributed by atoms with Crippen molar-refractivity contribution in [1.29, 1.82) is 0 Å². The summed E-state index contributed by atoms with van der Waals surface area (Å²) in [5.74, 6) is 0.748. The quantitative estimate of drug-likeness (QED) is 0.136. The van der Waals surface area contributed by atoms with Crippen LogP contribution in [0.4, 0.5) is 0 Å². The lowest BCUT2D eigenvalue weighted by molar-refractivity contribution is 0.469. The highest BCUT2D eigenvalue weighted by atomic mass is 15.5. The SMILES string of the molecule is C1=Cc2ccccc2C1.CC(C)(C)C.CC(C)(C)C.CC(C)(C)C.CC(C)(C)C.CC(C)(C)C.CC(C)(C)C.CC(C)(C)C.CC(C)(C)C.c1cc2ccncn2c1.c1cc2nccn2cn1.c1ccn2ccnc2c1.c1ccn2cncc2c1.c1ccn2cnnc2c1.c1ccn2nccc2c1.c1ccn2ncnc2c1.c1ccn2nnnc2c1.c1cn2ccnc2cn1.c1cnc2nccn2c1.c1cnn2ccnc2c1. The minimum absolute atomic E-state index is 0.500. The number of benzene rings is 1. The zero-order chi connectivity index (χ0) is 109. The summed E-state index contributed by atoms with van der Waals surface area (Å²) in [5.41, 5.74) is 16.6. The fourth-order valence-corrected chi connectivity index (χ4v) is 9.97. The van der Waals surface area contributed by atoms with Crippen LogP contribution in [0, 0.1) is 43.3 Å². The molecule has 22 aromatic heterocycles. The van der Waals surface area contributed by atoms with Gasteiger partial charge in [0.1, 0.15) is 30.3 Å². The average molecular weight is 2000 g/mol. The van der Waals surface area contributed by atoms with Crippen molar-refractivity contribution in [2.75, 3.05) is 0 Å². The third-order valence-corrected chi connectivity index (χ3v) is 15.2. The molecule has 0 spiro atoms. The van der Waals surface area contributed by atoms with E-state index < -0.39 is 0 Å². The van der Waals surface area contributed by atoms with E-state index >= 15 is 0 Å². The van der Waals surface area contributed by atoms with Crippen molar-refractivity contribution in [3.8, 4) is 0 Å². The van der Waals surface area contributed by atoms with Crippen LogP contribution in [0.5, 0.6) is 0 Å². The van der Waals surface area contributed by atoms with Crippen LogP contribution in [0.1, 0.15) is 233 Å². The Morgan fingerprint density at radius 2 is 0.628 bits per heavy atom. The van der Waals surface area contributed by atoms with Crippen LogP contribution < -0.4 is 0 Å². The second-order valence-corrected chi connectivity index (χ2v) is 46.2. The first-order valence-electron chi connectivity index (χ1n) is 49.4. The molecule has 0 N–H and O–H groups in total. The summed E-state index contributed by atoms with van der Waals surface area (Å²) in [4.78, 5) is 43.8. The molecule has 0 fully saturated rings. The van der Waals surface area contributed by atoms with Gasteiger partial charge in [-0.2, -0.15) is 15.3 Å². The summed E-state index contributed by atoms with van der Waals surface area (Å²) >= 11 is 0. The van der Waals surface area contributed by atoms with Crippen molar-refractivity contribution in [2.45, 2.75) is 228 Å². The van der Waals surface area contributed by atoms with E-state index in [1.54, 1.807) is 119 Å². The molecule has 0 saturated carbocycles. The predicted molar refractivity (Wildman–Crippen MR) is 610 cm³/mol. The number of hydrogen-bond acceptors (Lipinski definition) is 19. The Morgan fingerprint density at radius 3 is 1.19 bits per heavy atom. The molecule has 0 atom stereocenters. The fraction of sp³-hybridized carbons (Fsp3) is 0.347. The molecule has 30 heteroatoms. The average Bonchev–Trinajstić information content (AvgIpc) is 1.82. The van der Waals surface area contributed by atoms with Crippen molar-refractivity contribution in [3.63, 3.8) is 0 Å². The maximum absolute atomic E-state index is 4.08. The van der Waals surface area contributed by atoms with Crippen LogP contribution in [-0.2, 0) is 6.42 Å². The molecule has 0 radical (unpaired) electrons. The van der Waals surface area contributed by atoms with E-state index in [1.807, 2.05) is 280 Å². The van der Waals surface area contributed by atoms with Crippen molar-refractivity contribution in [3.05, 3.63) is 398 Å². The highest BCUT2D eigenvalue weighted by molar-refractivity contribution is 5.59. The molecule has 0 bridgehead atoms. The maximum Gasteiger partial charge on any atom is 0.233 e. The standard InChI is InChI=1S/C9H8.4C7H6N2.6C6H5N3.C5H4N4.8C5H12/c1-2-5-9-7-3-6-8(9)4-1;1-2-7-3-4-8-6-9(7)5-1;1-2-6-9-7(3-1)4-5-8-9;1-2-5-9-6-4-8-7(9)3-1;1-2-4-9-6-8-5-7(9)3-1;1-3-9-4-2-8-6(9)5-7-1;1-2-7-5-9-4-3-8-6(1)9;1-2-7-6-8-3-5-9(6)4-1;1-2-6-7-4-5-9(6)8-3-1;1-2-4-9-5-7-8-6(9)3-1;1-2-4-9-6(3-1)7-5-8-9;1-2-4-9-5(3-1)6-7-8-9;8*1-5(2,3)4/h1-6H,7H2;4*1-6H;6*1-5H;1-4H;8*1-4H3. The van der Waals surface area contributed by atoms with Gasteiger partial charge in [0.05, 0.1) is 36.1 Å². The number of nitrogens with zero attached hydrogens (tertiary/aromatic N) is 30. The molecule has 1 aliphatic carbocycles. The molecule has 23 aromatic rings. The molecular weight excluding hydrogens is 1840 g/mol. The Labute approximate surface area is 876 Å². The predicted octanol–water partition coefficient (Wildman–Crippen LogP) is 28.5. The smallest absolute Gasteiger partial charge is 0.233 e. The minimum Gasteiger partial charge on any atom is -0.308 e. The molecular formula is C118H162N30. The first kappa shape index (κ1) is 122. The number of aromatic nitrogens is 30. The lowest BCUT2D eigenvalue weighted by Gasteiger charge is -2.05. The van der Waals surface area contributed by atoms with Gasteiger partial charge in [-0.05, 0) is 193 Å². The van der Waals surface area contributed by atoms with Crippen molar-refractivity contribution in [1.82, 2.24) is 145 Å². The summed E-state index contributed by atoms with van der Waals surface area (Å²) in [6.45, 7) is 70.0. The Balaban J connectivity index is 0.000000275. The van der Waals surface area contributed by atoms with Crippen LogP contribution in [0.15, 0.2) is 387 Å². The Morgan fingerprint density at radius 1 is 0.223 bits per heavy atom. The second-order valence-electron chi connectivity index (χ2n) is 46.2. The first-order chi connectivity index (χ1) is 69.6. The topological polar surface area (TPSA) is 293 Å². The van der Waals surface area contributed by atoms with E-state index in [-0.39, 0.29) is 0 Å². The van der Waals surface area contributed by atoms with Gasteiger partial charge in [0.15, 0.2) is 28.2 Å². The van der Waals surface area contributed by atoms with Crippen molar-refractivity contribution < 1.29 is 0 Å². The second kappa shape index (κ2) is 62.6. The lowest BCUT2D eigenvalue weighted by Crippen LogP contribution is -1.93. The number of rotatable bonds is 0. The molecule has 30 nitrogen and oxygen atoms in total. The monoisotopic (exact) mass is 2000 g/mol. The van der Waals surface area contributed by atoms with E-state index in [0.29, 0.717) is 43.3 Å². The van der Waals surface area contributed by atoms with E-state index in [1.165, 1.54) is 23.0 Å². The van der Waals surface area contributed by atoms with Gasteiger partial charge in [-0.25, -0.2) is 67.9 Å². The summed E-state index contributed by atoms with van der Waals surface area (Å²) in [7, 11) is 0. The van der Waals surface area contributed by atoms with Gasteiger partial charge in [0.25, 0.3) is 0 Å². The molecule has 24 rings (SSSR count). The molecule has 784 valence electrons. The minimum atomic E-state index is 0.500. The van der Waals surface area contributed by atoms with Gasteiger partial charge in [-0.3, -0.25) is 18.2 Å². The molecule has 148 heavy (non-hydrogen) atoms. The van der Waals surface area contributed by atoms with Crippen molar-refractivity contribution >= 4 is 67.9 Å². The van der Waals surface area contributed by atoms with Gasteiger partial charge in [-0.1, -0.05) is 294 Å². The highest BCUT2D eigenvalue weighted by Crippen LogP contribution is 2.19. The molecule has 0 aliphatic heterocycles. The summed E-state index contributed by atoms with van der Waals surface area (Å²) in [6, 6.07) is 59.1. The number of imidazole rings is 6. The van der Waals surface area contributed by atoms with Crippen molar-refractivity contribution in [2.24, 2.45) is 43.3 Å². The van der Waals surface area contributed by atoms with E-state index in [0.717, 1.165) is 62.8 Å². The van der Waals surface area contributed by atoms with E-state index in [2.05, 4.69) is 354 Å². The first-order valence-corrected chi connectivity index (χ1v) is 49.4. The summed E-state index contributed by atoms with van der Waals surface area (Å²) in [5, 5.41) is 30.4. The molecule has 1 aliphatic rings. The zero-order valence-electron chi connectivity index (χ0n) is 93.6. The van der Waals surface area contributed by atoms with Crippen LogP contribution in [-0.4, -0.2) is 145 Å². The highest BCUT2D eigenvalue weighted by Gasteiger charge is 2.04. The van der Waals surface area contributed by atoms with Crippen LogP contribution in [0.2, 0.25) is 0 Å². The largest absolute Gasteiger partial charge is 0.308 e. The normalized spacial score (nSPS) is 10.9. The van der Waals surface area contributed by atoms with Gasteiger partial charge in [0, 0.05) is 160 Å². The van der Waals surface area contributed by atoms with Crippen LogP contribution in [0.25, 0.3) is 67.9 Å². The van der Waals surface area contributed by atoms with Crippen LogP contribution >= 0.6 is 0 Å². The maximum atomic E-state index is 4.08. The summed E-state index contributed by atoms with van der Waals surface area (Å²) in [6.07, 6.45) is 63.3. The van der Waals surface area contributed by atoms with Gasteiger partial charge in [0.2, 0.25) is 5.78 Å². The Hall–Kier alpha value is -16.0. The third-order valence-electron chi connectivity index (χ3n) is 15.2. The molecule has 0 amide bonds. The number of pyridine rings is 6.